The summed E-state index contributed by atoms with van der Waals surface area (Å²) < 4.78 is 8.18. The highest BCUT2D eigenvalue weighted by molar-refractivity contribution is 6.07. The van der Waals surface area contributed by atoms with Crippen LogP contribution in [-0.2, 0) is 13.2 Å². The lowest BCUT2D eigenvalue weighted by Gasteiger charge is -2.09. The number of aryl methyl sites for hydroxylation is 1. The number of benzene rings is 2. The van der Waals surface area contributed by atoms with E-state index in [1.54, 1.807) is 6.92 Å². The van der Waals surface area contributed by atoms with Gasteiger partial charge >= 0.3 is 0 Å². The van der Waals surface area contributed by atoms with Crippen molar-refractivity contribution >= 4 is 16.7 Å². The Kier molecular flexibility index (Phi) is 6.11. The van der Waals surface area contributed by atoms with Crippen LogP contribution in [0, 0.1) is 0 Å². The molecule has 1 aromatic heterocycles. The van der Waals surface area contributed by atoms with Crippen LogP contribution in [-0.4, -0.2) is 10.4 Å². The monoisotopic (exact) mass is 349 g/mol. The van der Waals surface area contributed by atoms with E-state index in [-0.39, 0.29) is 5.78 Å². The number of hydrogen-bond donors (Lipinski definition) is 0. The lowest BCUT2D eigenvalue weighted by Crippen LogP contribution is -1.98. The van der Waals surface area contributed by atoms with Gasteiger partial charge in [0.2, 0.25) is 0 Å². The average molecular weight is 349 g/mol. The van der Waals surface area contributed by atoms with Crippen molar-refractivity contribution in [2.75, 3.05) is 0 Å². The standard InChI is InChI=1S/C23H27NO2/c1-3-4-5-9-14-24-16-22(18(2)25)21-13-12-20(15-23(21)24)26-17-19-10-7-6-8-11-19/h6-8,10-13,15-16H,3-5,9,14,17H2,1-2H3. The third-order valence-corrected chi connectivity index (χ3v) is 4.73. The van der Waals surface area contributed by atoms with Gasteiger partial charge in [0.05, 0.1) is 5.52 Å². The van der Waals surface area contributed by atoms with Crippen molar-refractivity contribution in [1.82, 2.24) is 4.57 Å². The summed E-state index contributed by atoms with van der Waals surface area (Å²) in [5, 5.41) is 1.01. The smallest absolute Gasteiger partial charge is 0.161 e. The molecule has 0 fully saturated rings. The van der Waals surface area contributed by atoms with E-state index in [1.165, 1.54) is 19.3 Å². The maximum atomic E-state index is 12.0. The second-order valence-corrected chi connectivity index (χ2v) is 6.81. The van der Waals surface area contributed by atoms with Gasteiger partial charge in [0.1, 0.15) is 12.4 Å². The Morgan fingerprint density at radius 3 is 2.58 bits per heavy atom. The van der Waals surface area contributed by atoms with E-state index in [9.17, 15) is 4.79 Å². The van der Waals surface area contributed by atoms with Gasteiger partial charge in [-0.3, -0.25) is 4.79 Å². The van der Waals surface area contributed by atoms with Crippen molar-refractivity contribution in [3.63, 3.8) is 0 Å². The molecule has 2 aromatic carbocycles. The van der Waals surface area contributed by atoms with Crippen molar-refractivity contribution in [2.24, 2.45) is 0 Å². The third kappa shape index (κ3) is 4.34. The number of rotatable bonds is 9. The number of unbranched alkanes of at least 4 members (excludes halogenated alkanes) is 3. The van der Waals surface area contributed by atoms with E-state index < -0.39 is 0 Å². The van der Waals surface area contributed by atoms with Crippen molar-refractivity contribution in [2.45, 2.75) is 52.7 Å². The number of carbonyl (C=O) groups excluding carboxylic acids is 1. The molecule has 0 amide bonds. The van der Waals surface area contributed by atoms with Crippen molar-refractivity contribution in [1.29, 1.82) is 0 Å². The quantitative estimate of drug-likeness (QED) is 0.350. The van der Waals surface area contributed by atoms with Gasteiger partial charge in [0.25, 0.3) is 0 Å². The van der Waals surface area contributed by atoms with E-state index in [0.717, 1.165) is 40.7 Å². The molecule has 0 saturated carbocycles. The summed E-state index contributed by atoms with van der Waals surface area (Å²) in [4.78, 5) is 12.0. The van der Waals surface area contributed by atoms with Crippen LogP contribution >= 0.6 is 0 Å². The van der Waals surface area contributed by atoms with Gasteiger partial charge in [-0.2, -0.15) is 0 Å². The molecule has 0 aliphatic carbocycles. The molecule has 1 heterocycles. The number of nitrogens with zero attached hydrogens (tertiary/aromatic N) is 1. The molecule has 0 N–H and O–H groups in total. The maximum Gasteiger partial charge on any atom is 0.161 e. The molecule has 3 aromatic rings. The molecule has 0 radical (unpaired) electrons. The van der Waals surface area contributed by atoms with E-state index in [4.69, 9.17) is 4.74 Å². The number of ether oxygens (including phenoxy) is 1. The van der Waals surface area contributed by atoms with Gasteiger partial charge in [-0.1, -0.05) is 56.5 Å². The minimum absolute atomic E-state index is 0.111. The SMILES string of the molecule is CCCCCCn1cc(C(C)=O)c2ccc(OCc3ccccc3)cc21. The van der Waals surface area contributed by atoms with Crippen LogP contribution in [0.25, 0.3) is 10.9 Å². The third-order valence-electron chi connectivity index (χ3n) is 4.73. The summed E-state index contributed by atoms with van der Waals surface area (Å²) in [7, 11) is 0. The molecule has 0 spiro atoms. The molecule has 3 rings (SSSR count). The molecule has 0 saturated heterocycles. The lowest BCUT2D eigenvalue weighted by molar-refractivity contribution is 0.101. The van der Waals surface area contributed by atoms with E-state index in [1.807, 2.05) is 36.5 Å². The first kappa shape index (κ1) is 18.2. The summed E-state index contributed by atoms with van der Waals surface area (Å²) in [6.07, 6.45) is 6.83. The van der Waals surface area contributed by atoms with Crippen LogP contribution in [0.15, 0.2) is 54.7 Å². The van der Waals surface area contributed by atoms with Crippen LogP contribution in [0.2, 0.25) is 0 Å². The number of Topliss-reactive ketones (excluding diaryl/α,β-unsaturated/α-hetero) is 1. The Labute approximate surface area is 155 Å². The minimum Gasteiger partial charge on any atom is -0.489 e. The first-order valence-corrected chi connectivity index (χ1v) is 9.49. The number of fused-ring (bicyclic) bond motifs is 1. The first-order chi connectivity index (χ1) is 12.7. The second kappa shape index (κ2) is 8.70. The van der Waals surface area contributed by atoms with Crippen LogP contribution in [0.4, 0.5) is 0 Å². The highest BCUT2D eigenvalue weighted by Crippen LogP contribution is 2.27. The number of carbonyl (C=O) groups is 1. The fourth-order valence-electron chi connectivity index (χ4n) is 3.28. The summed E-state index contributed by atoms with van der Waals surface area (Å²) in [5.41, 5.74) is 3.02. The minimum atomic E-state index is 0.111. The van der Waals surface area contributed by atoms with Crippen LogP contribution < -0.4 is 4.74 Å². The number of aromatic nitrogens is 1. The zero-order valence-electron chi connectivity index (χ0n) is 15.7. The molecule has 26 heavy (non-hydrogen) atoms. The first-order valence-electron chi connectivity index (χ1n) is 9.49. The fraction of sp³-hybridized carbons (Fsp3) is 0.348. The van der Waals surface area contributed by atoms with Gasteiger partial charge in [-0.25, -0.2) is 0 Å². The molecule has 0 bridgehead atoms. The Hall–Kier alpha value is -2.55. The summed E-state index contributed by atoms with van der Waals surface area (Å²) >= 11 is 0. The van der Waals surface area contributed by atoms with Crippen LogP contribution in [0.1, 0.15) is 55.5 Å². The lowest BCUT2D eigenvalue weighted by atomic mass is 10.1. The largest absolute Gasteiger partial charge is 0.489 e. The van der Waals surface area contributed by atoms with Crippen molar-refractivity contribution in [3.8, 4) is 5.75 Å². The Morgan fingerprint density at radius 2 is 1.85 bits per heavy atom. The highest BCUT2D eigenvalue weighted by atomic mass is 16.5. The summed E-state index contributed by atoms with van der Waals surface area (Å²) in [5.74, 6) is 0.949. The number of hydrogen-bond acceptors (Lipinski definition) is 2. The zero-order chi connectivity index (χ0) is 18.4. The van der Waals surface area contributed by atoms with Gasteiger partial charge in [-0.15, -0.1) is 0 Å². The zero-order valence-corrected chi connectivity index (χ0v) is 15.7. The second-order valence-electron chi connectivity index (χ2n) is 6.81. The Morgan fingerprint density at radius 1 is 1.04 bits per heavy atom. The van der Waals surface area contributed by atoms with E-state index >= 15 is 0 Å². The van der Waals surface area contributed by atoms with E-state index in [2.05, 4.69) is 29.7 Å². The van der Waals surface area contributed by atoms with Crippen LogP contribution in [0.3, 0.4) is 0 Å². The molecule has 0 atom stereocenters. The summed E-state index contributed by atoms with van der Waals surface area (Å²) in [6, 6.07) is 16.2. The molecular formula is C23H27NO2. The predicted molar refractivity (Wildman–Crippen MR) is 107 cm³/mol. The van der Waals surface area contributed by atoms with Gasteiger partial charge in [0.15, 0.2) is 5.78 Å². The van der Waals surface area contributed by atoms with Gasteiger partial charge < -0.3 is 9.30 Å². The van der Waals surface area contributed by atoms with Gasteiger partial charge in [-0.05, 0) is 31.0 Å². The van der Waals surface area contributed by atoms with Crippen molar-refractivity contribution in [3.05, 3.63) is 65.9 Å². The molecular weight excluding hydrogens is 322 g/mol. The predicted octanol–water partition coefficient (Wildman–Crippen LogP) is 6.00. The maximum absolute atomic E-state index is 12.0. The fourth-order valence-corrected chi connectivity index (χ4v) is 3.28. The average Bonchev–Trinajstić information content (AvgIpc) is 3.03. The summed E-state index contributed by atoms with van der Waals surface area (Å²) in [6.45, 7) is 5.33. The molecule has 3 nitrogen and oxygen atoms in total. The molecule has 136 valence electrons. The normalized spacial score (nSPS) is 11.0. The Bertz CT molecular complexity index is 865. The van der Waals surface area contributed by atoms with E-state index in [0.29, 0.717) is 6.61 Å². The highest BCUT2D eigenvalue weighted by Gasteiger charge is 2.13. The van der Waals surface area contributed by atoms with Crippen molar-refractivity contribution < 1.29 is 9.53 Å². The van der Waals surface area contributed by atoms with Gasteiger partial charge in [0, 0.05) is 29.8 Å². The van der Waals surface area contributed by atoms with Crippen LogP contribution in [0.5, 0.6) is 5.75 Å². The Balaban J connectivity index is 1.82. The number of ketones is 1. The topological polar surface area (TPSA) is 31.2 Å². The molecule has 0 aliphatic heterocycles. The molecule has 3 heteroatoms. The molecule has 0 aliphatic rings. The molecule has 0 unspecified atom stereocenters.